The molecule has 0 spiro atoms. The number of piperidine rings is 1. The number of rotatable bonds is 6. The van der Waals surface area contributed by atoms with Crippen molar-refractivity contribution in [3.63, 3.8) is 0 Å². The highest BCUT2D eigenvalue weighted by Crippen LogP contribution is 2.25. The van der Waals surface area contributed by atoms with Gasteiger partial charge < -0.3 is 9.26 Å². The first-order valence-electron chi connectivity index (χ1n) is 9.22. The van der Waals surface area contributed by atoms with Crippen LogP contribution in [0.15, 0.2) is 51.2 Å². The zero-order chi connectivity index (χ0) is 21.1. The number of hydrogen-bond donors (Lipinski definition) is 0. The first kappa shape index (κ1) is 20.6. The first-order valence-corrected chi connectivity index (χ1v) is 11.5. The van der Waals surface area contributed by atoms with Crippen molar-refractivity contribution < 1.29 is 26.9 Å². The summed E-state index contributed by atoms with van der Waals surface area (Å²) in [4.78, 5) is 17.4. The number of esters is 1. The molecule has 0 N–H and O–H groups in total. The van der Waals surface area contributed by atoms with E-state index < -0.39 is 27.7 Å². The number of halogens is 1. The van der Waals surface area contributed by atoms with Gasteiger partial charge >= 0.3 is 5.97 Å². The average molecular weight is 452 g/mol. The van der Waals surface area contributed by atoms with Crippen molar-refractivity contribution in [3.8, 4) is 10.7 Å². The van der Waals surface area contributed by atoms with Crippen LogP contribution in [0.25, 0.3) is 10.7 Å². The molecule has 158 valence electrons. The normalized spacial score (nSPS) is 15.9. The number of aromatic nitrogens is 2. The van der Waals surface area contributed by atoms with E-state index in [1.54, 1.807) is 0 Å². The van der Waals surface area contributed by atoms with Crippen LogP contribution in [0, 0.1) is 11.7 Å². The number of ether oxygens (including phenoxy) is 1. The molecular formula is C19H18FN3O5S2. The summed E-state index contributed by atoms with van der Waals surface area (Å²) in [5.41, 5.74) is 0. The van der Waals surface area contributed by atoms with Crippen LogP contribution in [0.1, 0.15) is 18.7 Å². The van der Waals surface area contributed by atoms with Gasteiger partial charge in [0.25, 0.3) is 5.89 Å². The minimum atomic E-state index is -3.72. The summed E-state index contributed by atoms with van der Waals surface area (Å²) in [5, 5.41) is 5.75. The molecular weight excluding hydrogens is 433 g/mol. The summed E-state index contributed by atoms with van der Waals surface area (Å²) in [6, 6.07) is 8.42. The molecule has 0 bridgehead atoms. The third kappa shape index (κ3) is 4.42. The second-order valence-electron chi connectivity index (χ2n) is 6.73. The Kier molecular flexibility index (Phi) is 5.93. The highest BCUT2D eigenvalue weighted by Gasteiger charge is 2.33. The fraction of sp³-hybridized carbons (Fsp3) is 0.316. The van der Waals surface area contributed by atoms with Crippen LogP contribution in [0.2, 0.25) is 0 Å². The average Bonchev–Trinajstić information content (AvgIpc) is 3.44. The lowest BCUT2D eigenvalue weighted by molar-refractivity contribution is -0.152. The van der Waals surface area contributed by atoms with Crippen molar-refractivity contribution in [1.29, 1.82) is 0 Å². The van der Waals surface area contributed by atoms with Gasteiger partial charge in [0.15, 0.2) is 6.61 Å². The molecule has 8 nitrogen and oxygen atoms in total. The van der Waals surface area contributed by atoms with E-state index in [4.69, 9.17) is 9.26 Å². The van der Waals surface area contributed by atoms with Gasteiger partial charge in [0.05, 0.1) is 15.7 Å². The van der Waals surface area contributed by atoms with E-state index in [2.05, 4.69) is 10.1 Å². The Morgan fingerprint density at radius 1 is 1.23 bits per heavy atom. The van der Waals surface area contributed by atoms with Crippen molar-refractivity contribution in [2.24, 2.45) is 5.92 Å². The molecule has 0 amide bonds. The lowest BCUT2D eigenvalue weighted by Crippen LogP contribution is -2.40. The topological polar surface area (TPSA) is 103 Å². The van der Waals surface area contributed by atoms with E-state index in [1.807, 2.05) is 17.5 Å². The second-order valence-corrected chi connectivity index (χ2v) is 9.61. The minimum absolute atomic E-state index is 0.0304. The summed E-state index contributed by atoms with van der Waals surface area (Å²) >= 11 is 1.47. The number of sulfonamides is 1. The van der Waals surface area contributed by atoms with Crippen molar-refractivity contribution in [2.45, 2.75) is 24.3 Å². The predicted octanol–water partition coefficient (Wildman–Crippen LogP) is 3.08. The van der Waals surface area contributed by atoms with Gasteiger partial charge in [-0.3, -0.25) is 4.79 Å². The largest absolute Gasteiger partial charge is 0.455 e. The Morgan fingerprint density at radius 3 is 2.63 bits per heavy atom. The quantitative estimate of drug-likeness (QED) is 0.531. The van der Waals surface area contributed by atoms with Crippen LogP contribution in [0.5, 0.6) is 0 Å². The molecule has 2 aromatic heterocycles. The molecule has 0 radical (unpaired) electrons. The Morgan fingerprint density at radius 2 is 1.97 bits per heavy atom. The fourth-order valence-corrected chi connectivity index (χ4v) is 5.28. The van der Waals surface area contributed by atoms with Gasteiger partial charge in [0.1, 0.15) is 5.82 Å². The molecule has 3 heterocycles. The number of thiophene rings is 1. The smallest absolute Gasteiger partial charge is 0.309 e. The molecule has 0 saturated carbocycles. The Balaban J connectivity index is 1.29. The minimum Gasteiger partial charge on any atom is -0.455 e. The van der Waals surface area contributed by atoms with Crippen molar-refractivity contribution in [3.05, 3.63) is 53.5 Å². The first-order chi connectivity index (χ1) is 14.4. The third-order valence-corrected chi connectivity index (χ3v) is 7.56. The Hall–Kier alpha value is -2.63. The molecule has 1 aliphatic rings. The monoisotopic (exact) mass is 451 g/mol. The molecule has 3 aromatic rings. The van der Waals surface area contributed by atoms with Gasteiger partial charge in [0, 0.05) is 13.1 Å². The lowest BCUT2D eigenvalue weighted by atomic mass is 9.98. The maximum absolute atomic E-state index is 13.1. The van der Waals surface area contributed by atoms with Crippen LogP contribution in [-0.2, 0) is 26.2 Å². The molecule has 0 atom stereocenters. The third-order valence-electron chi connectivity index (χ3n) is 4.79. The number of carbonyl (C=O) groups is 1. The summed E-state index contributed by atoms with van der Waals surface area (Å²) in [7, 11) is -3.72. The molecule has 1 fully saturated rings. The highest BCUT2D eigenvalue weighted by molar-refractivity contribution is 7.89. The number of carbonyl (C=O) groups excluding carboxylic acids is 1. The SMILES string of the molecule is O=C(OCc1nc(-c2cccs2)no1)C1CCN(S(=O)(=O)c2ccc(F)cc2)CC1. The van der Waals surface area contributed by atoms with Crippen LogP contribution in [0.4, 0.5) is 4.39 Å². The van der Waals surface area contributed by atoms with Crippen LogP contribution >= 0.6 is 11.3 Å². The molecule has 30 heavy (non-hydrogen) atoms. The van der Waals surface area contributed by atoms with Crippen LogP contribution in [0.3, 0.4) is 0 Å². The van der Waals surface area contributed by atoms with E-state index in [-0.39, 0.29) is 30.5 Å². The van der Waals surface area contributed by atoms with Gasteiger partial charge in [0.2, 0.25) is 15.8 Å². The van der Waals surface area contributed by atoms with Gasteiger partial charge in [-0.05, 0) is 48.6 Å². The number of nitrogens with zero attached hydrogens (tertiary/aromatic N) is 3. The molecule has 0 aliphatic carbocycles. The highest BCUT2D eigenvalue weighted by atomic mass is 32.2. The van der Waals surface area contributed by atoms with E-state index in [9.17, 15) is 17.6 Å². The fourth-order valence-electron chi connectivity index (χ4n) is 3.16. The van der Waals surface area contributed by atoms with E-state index >= 15 is 0 Å². The molecule has 4 rings (SSSR count). The summed E-state index contributed by atoms with van der Waals surface area (Å²) in [6.45, 7) is 0.233. The van der Waals surface area contributed by atoms with E-state index in [0.29, 0.717) is 18.7 Å². The second kappa shape index (κ2) is 8.62. The number of hydrogen-bond acceptors (Lipinski definition) is 8. The molecule has 1 aliphatic heterocycles. The maximum Gasteiger partial charge on any atom is 0.309 e. The van der Waals surface area contributed by atoms with Crippen LogP contribution in [-0.4, -0.2) is 41.9 Å². The molecule has 11 heteroatoms. The number of benzene rings is 1. The van der Waals surface area contributed by atoms with Crippen molar-refractivity contribution >= 4 is 27.3 Å². The predicted molar refractivity (Wildman–Crippen MR) is 105 cm³/mol. The van der Waals surface area contributed by atoms with Crippen molar-refractivity contribution in [1.82, 2.24) is 14.4 Å². The van der Waals surface area contributed by atoms with Crippen LogP contribution < -0.4 is 0 Å². The molecule has 1 saturated heterocycles. The lowest BCUT2D eigenvalue weighted by Gasteiger charge is -2.30. The van der Waals surface area contributed by atoms with Crippen molar-refractivity contribution in [2.75, 3.05) is 13.1 Å². The summed E-state index contributed by atoms with van der Waals surface area (Å²) in [5.74, 6) is -0.702. The van der Waals surface area contributed by atoms with Gasteiger partial charge in [-0.25, -0.2) is 12.8 Å². The van der Waals surface area contributed by atoms with Gasteiger partial charge in [-0.1, -0.05) is 11.2 Å². The summed E-state index contributed by atoms with van der Waals surface area (Å²) < 4.78 is 50.0. The summed E-state index contributed by atoms with van der Waals surface area (Å²) in [6.07, 6.45) is 0.674. The standard InChI is InChI=1S/C19H18FN3O5S2/c20-14-3-5-15(6-4-14)30(25,26)23-9-7-13(8-10-23)19(24)27-12-17-21-18(22-28-17)16-2-1-11-29-16/h1-6,11,13H,7-10,12H2. The molecule has 0 unspecified atom stereocenters. The van der Waals surface area contributed by atoms with Gasteiger partial charge in [-0.2, -0.15) is 9.29 Å². The zero-order valence-electron chi connectivity index (χ0n) is 15.7. The van der Waals surface area contributed by atoms with E-state index in [1.165, 1.54) is 27.8 Å². The Labute approximate surface area is 176 Å². The maximum atomic E-state index is 13.1. The van der Waals surface area contributed by atoms with E-state index in [0.717, 1.165) is 17.0 Å². The Bertz CT molecular complexity index is 1110. The zero-order valence-corrected chi connectivity index (χ0v) is 17.4. The van der Waals surface area contributed by atoms with Gasteiger partial charge in [-0.15, -0.1) is 11.3 Å². The molecule has 1 aromatic carbocycles.